The smallest absolute Gasteiger partial charge is 0.482 e. The SMILES string of the molecule is COC(=O)COc1ccc(Cl)cc1C1c2ccccc2CCN1OC(=O)OC1CCCC1. The number of halogens is 1. The van der Waals surface area contributed by atoms with Crippen LogP contribution in [0.4, 0.5) is 4.79 Å². The number of nitrogens with zero attached hydrogens (tertiary/aromatic N) is 1. The van der Waals surface area contributed by atoms with E-state index in [1.807, 2.05) is 18.2 Å². The topological polar surface area (TPSA) is 74.3 Å². The highest BCUT2D eigenvalue weighted by molar-refractivity contribution is 6.30. The summed E-state index contributed by atoms with van der Waals surface area (Å²) in [4.78, 5) is 29.9. The van der Waals surface area contributed by atoms with E-state index in [2.05, 4.69) is 10.8 Å². The first-order chi connectivity index (χ1) is 15.5. The lowest BCUT2D eigenvalue weighted by molar-refractivity contribution is -0.156. The molecule has 1 fully saturated rings. The van der Waals surface area contributed by atoms with Gasteiger partial charge in [-0.1, -0.05) is 35.9 Å². The van der Waals surface area contributed by atoms with Gasteiger partial charge in [-0.2, -0.15) is 0 Å². The number of hydroxylamine groups is 2. The van der Waals surface area contributed by atoms with E-state index in [1.54, 1.807) is 23.3 Å². The predicted octanol–water partition coefficient (Wildman–Crippen LogP) is 4.85. The van der Waals surface area contributed by atoms with E-state index in [0.29, 0.717) is 29.3 Å². The average molecular weight is 460 g/mol. The molecule has 170 valence electrons. The molecule has 1 saturated carbocycles. The van der Waals surface area contributed by atoms with Crippen LogP contribution in [-0.4, -0.2) is 43.6 Å². The second kappa shape index (κ2) is 10.2. The van der Waals surface area contributed by atoms with Crippen LogP contribution in [0.3, 0.4) is 0 Å². The molecule has 2 aromatic carbocycles. The van der Waals surface area contributed by atoms with Crippen LogP contribution in [0.15, 0.2) is 42.5 Å². The Morgan fingerprint density at radius 1 is 1.09 bits per heavy atom. The van der Waals surface area contributed by atoms with Crippen LogP contribution < -0.4 is 4.74 Å². The summed E-state index contributed by atoms with van der Waals surface area (Å²) in [6.07, 6.45) is 3.75. The van der Waals surface area contributed by atoms with Crippen LogP contribution in [-0.2, 0) is 25.5 Å². The van der Waals surface area contributed by atoms with Crippen molar-refractivity contribution in [3.8, 4) is 5.75 Å². The molecule has 32 heavy (non-hydrogen) atoms. The van der Waals surface area contributed by atoms with Crippen molar-refractivity contribution in [1.82, 2.24) is 5.06 Å². The molecule has 0 spiro atoms. The first kappa shape index (κ1) is 22.4. The second-order valence-corrected chi connectivity index (χ2v) is 8.34. The van der Waals surface area contributed by atoms with Gasteiger partial charge in [0, 0.05) is 17.1 Å². The fourth-order valence-corrected chi connectivity index (χ4v) is 4.46. The zero-order valence-corrected chi connectivity index (χ0v) is 18.7. The lowest BCUT2D eigenvalue weighted by Crippen LogP contribution is -2.38. The molecule has 8 heteroatoms. The summed E-state index contributed by atoms with van der Waals surface area (Å²) in [6, 6.07) is 12.6. The molecule has 0 saturated heterocycles. The fraction of sp³-hybridized carbons (Fsp3) is 0.417. The predicted molar refractivity (Wildman–Crippen MR) is 117 cm³/mol. The second-order valence-electron chi connectivity index (χ2n) is 7.90. The number of fused-ring (bicyclic) bond motifs is 1. The van der Waals surface area contributed by atoms with E-state index in [0.717, 1.165) is 36.8 Å². The molecule has 2 aliphatic rings. The molecule has 1 unspecified atom stereocenters. The van der Waals surface area contributed by atoms with E-state index in [1.165, 1.54) is 7.11 Å². The van der Waals surface area contributed by atoms with Gasteiger partial charge in [0.15, 0.2) is 6.61 Å². The Labute approximate surface area is 192 Å². The Hall–Kier alpha value is -2.77. The minimum absolute atomic E-state index is 0.0943. The number of hydrogen-bond donors (Lipinski definition) is 0. The number of rotatable bonds is 6. The highest BCUT2D eigenvalue weighted by Crippen LogP contribution is 2.40. The minimum atomic E-state index is -0.708. The van der Waals surface area contributed by atoms with Gasteiger partial charge in [-0.15, -0.1) is 5.06 Å². The van der Waals surface area contributed by atoms with E-state index in [4.69, 9.17) is 25.9 Å². The van der Waals surface area contributed by atoms with E-state index in [-0.39, 0.29) is 12.7 Å². The van der Waals surface area contributed by atoms with Crippen molar-refractivity contribution in [3.63, 3.8) is 0 Å². The number of hydrogen-bond acceptors (Lipinski definition) is 7. The Balaban J connectivity index is 1.65. The molecule has 0 aromatic heterocycles. The van der Waals surface area contributed by atoms with Crippen molar-refractivity contribution < 1.29 is 28.6 Å². The average Bonchev–Trinajstić information content (AvgIpc) is 3.30. The first-order valence-electron chi connectivity index (χ1n) is 10.8. The molecule has 1 atom stereocenters. The molecule has 0 radical (unpaired) electrons. The Bertz CT molecular complexity index is 975. The van der Waals surface area contributed by atoms with Crippen molar-refractivity contribution in [2.24, 2.45) is 0 Å². The molecule has 1 aliphatic carbocycles. The third-order valence-electron chi connectivity index (χ3n) is 5.84. The Morgan fingerprint density at radius 2 is 1.88 bits per heavy atom. The van der Waals surface area contributed by atoms with E-state index >= 15 is 0 Å². The van der Waals surface area contributed by atoms with Crippen LogP contribution in [0.25, 0.3) is 0 Å². The van der Waals surface area contributed by atoms with Crippen molar-refractivity contribution in [3.05, 3.63) is 64.2 Å². The Kier molecular flexibility index (Phi) is 7.17. The van der Waals surface area contributed by atoms with Crippen molar-refractivity contribution in [2.45, 2.75) is 44.2 Å². The summed E-state index contributed by atoms with van der Waals surface area (Å²) in [5.41, 5.74) is 2.79. The Morgan fingerprint density at radius 3 is 2.66 bits per heavy atom. The number of benzene rings is 2. The zero-order chi connectivity index (χ0) is 22.5. The summed E-state index contributed by atoms with van der Waals surface area (Å²) in [6.45, 7) is 0.231. The third kappa shape index (κ3) is 5.16. The highest BCUT2D eigenvalue weighted by Gasteiger charge is 2.35. The summed E-state index contributed by atoms with van der Waals surface area (Å²) in [5, 5.41) is 2.11. The molecule has 7 nitrogen and oxygen atoms in total. The van der Waals surface area contributed by atoms with Gasteiger partial charge in [0.25, 0.3) is 0 Å². The minimum Gasteiger partial charge on any atom is -0.482 e. The zero-order valence-electron chi connectivity index (χ0n) is 17.9. The number of methoxy groups -OCH3 is 1. The van der Waals surface area contributed by atoms with Crippen LogP contribution in [0, 0.1) is 0 Å². The summed E-state index contributed by atoms with van der Waals surface area (Å²) in [5.74, 6) is -0.0394. The molecular weight excluding hydrogens is 434 g/mol. The third-order valence-corrected chi connectivity index (χ3v) is 6.07. The van der Waals surface area contributed by atoms with E-state index in [9.17, 15) is 9.59 Å². The number of carbonyl (C=O) groups excluding carboxylic acids is 2. The van der Waals surface area contributed by atoms with Gasteiger partial charge >= 0.3 is 12.1 Å². The quantitative estimate of drug-likeness (QED) is 0.571. The van der Waals surface area contributed by atoms with E-state index < -0.39 is 18.2 Å². The van der Waals surface area contributed by atoms with Crippen LogP contribution in [0.1, 0.15) is 48.4 Å². The first-order valence-corrected chi connectivity index (χ1v) is 11.1. The van der Waals surface area contributed by atoms with Crippen molar-refractivity contribution in [2.75, 3.05) is 20.3 Å². The molecule has 1 heterocycles. The summed E-state index contributed by atoms with van der Waals surface area (Å²) in [7, 11) is 1.30. The fourth-order valence-electron chi connectivity index (χ4n) is 4.28. The molecule has 4 rings (SSSR count). The maximum Gasteiger partial charge on any atom is 0.528 e. The molecule has 2 aromatic rings. The van der Waals surface area contributed by atoms with Crippen molar-refractivity contribution in [1.29, 1.82) is 0 Å². The van der Waals surface area contributed by atoms with Gasteiger partial charge in [-0.05, 0) is 61.4 Å². The number of esters is 1. The monoisotopic (exact) mass is 459 g/mol. The van der Waals surface area contributed by atoms with Gasteiger partial charge in [-0.3, -0.25) is 0 Å². The summed E-state index contributed by atoms with van der Waals surface area (Å²) >= 11 is 6.32. The van der Waals surface area contributed by atoms with Crippen LogP contribution in [0.2, 0.25) is 5.02 Å². The van der Waals surface area contributed by atoms with Gasteiger partial charge in [0.1, 0.15) is 11.9 Å². The maximum atomic E-state index is 12.6. The molecule has 1 aliphatic heterocycles. The summed E-state index contributed by atoms with van der Waals surface area (Å²) < 4.78 is 15.9. The molecular formula is C24H26ClNO6. The van der Waals surface area contributed by atoms with Gasteiger partial charge in [-0.25, -0.2) is 9.59 Å². The van der Waals surface area contributed by atoms with Gasteiger partial charge < -0.3 is 19.0 Å². The van der Waals surface area contributed by atoms with Gasteiger partial charge in [0.05, 0.1) is 13.2 Å². The van der Waals surface area contributed by atoms with Crippen LogP contribution >= 0.6 is 11.6 Å². The van der Waals surface area contributed by atoms with Gasteiger partial charge in [0.2, 0.25) is 0 Å². The standard InChI is InChI=1S/C24H26ClNO6/c1-29-22(27)15-30-21-11-10-17(25)14-20(21)23-19-9-5-2-6-16(19)12-13-26(23)32-24(28)31-18-7-3-4-8-18/h2,5-6,9-11,14,18,23H,3-4,7-8,12-13,15H2,1H3. The lowest BCUT2D eigenvalue weighted by atomic mass is 9.89. The molecule has 0 bridgehead atoms. The van der Waals surface area contributed by atoms with Crippen molar-refractivity contribution >= 4 is 23.7 Å². The van der Waals surface area contributed by atoms with Crippen LogP contribution in [0.5, 0.6) is 5.75 Å². The number of ether oxygens (including phenoxy) is 3. The largest absolute Gasteiger partial charge is 0.528 e. The molecule has 0 N–H and O–H groups in total. The number of carbonyl (C=O) groups is 2. The lowest BCUT2D eigenvalue weighted by Gasteiger charge is -2.36. The normalized spacial score (nSPS) is 18.6. The molecule has 0 amide bonds. The maximum absolute atomic E-state index is 12.6. The highest BCUT2D eigenvalue weighted by atomic mass is 35.5.